The van der Waals surface area contributed by atoms with Crippen LogP contribution in [0.25, 0.3) is 0 Å². The van der Waals surface area contributed by atoms with Crippen LogP contribution in [-0.2, 0) is 0 Å². The average Bonchev–Trinajstić information content (AvgIpc) is 2.26. The third-order valence-corrected chi connectivity index (χ3v) is 2.54. The van der Waals surface area contributed by atoms with Gasteiger partial charge in [0.15, 0.2) is 5.78 Å². The van der Waals surface area contributed by atoms with Crippen molar-refractivity contribution in [3.63, 3.8) is 0 Å². The number of hydrogen-bond acceptors (Lipinski definition) is 3. The first-order chi connectivity index (χ1) is 8.76. The van der Waals surface area contributed by atoms with Crippen LogP contribution < -0.4 is 9.47 Å². The molecule has 0 aliphatic carbocycles. The van der Waals surface area contributed by atoms with E-state index >= 15 is 0 Å². The lowest BCUT2D eigenvalue weighted by Gasteiger charge is -2.16. The Morgan fingerprint density at radius 2 is 1.95 bits per heavy atom. The van der Waals surface area contributed by atoms with Gasteiger partial charge < -0.3 is 9.47 Å². The summed E-state index contributed by atoms with van der Waals surface area (Å²) in [5, 5.41) is 0. The molecule has 0 aliphatic rings. The van der Waals surface area contributed by atoms with Gasteiger partial charge in [-0.15, -0.1) is 13.2 Å². The quantitative estimate of drug-likeness (QED) is 0.601. The number of hydrogen-bond donors (Lipinski definition) is 0. The minimum absolute atomic E-state index is 0.0700. The van der Waals surface area contributed by atoms with Gasteiger partial charge in [-0.3, -0.25) is 4.79 Å². The Bertz CT molecular complexity index is 458. The van der Waals surface area contributed by atoms with Crippen molar-refractivity contribution in [2.75, 3.05) is 6.61 Å². The van der Waals surface area contributed by atoms with Gasteiger partial charge in [0, 0.05) is 0 Å². The molecule has 0 radical (unpaired) electrons. The summed E-state index contributed by atoms with van der Waals surface area (Å²) in [6.45, 7) is 3.41. The molecule has 1 aromatic rings. The summed E-state index contributed by atoms with van der Waals surface area (Å²) in [6, 6.07) is 3.84. The molecule has 7 heteroatoms. The first-order valence-corrected chi connectivity index (χ1v) is 6.37. The van der Waals surface area contributed by atoms with Gasteiger partial charge in [0.2, 0.25) is 0 Å². The summed E-state index contributed by atoms with van der Waals surface area (Å²) >= 11 is 3.03. The number of benzene rings is 1. The molecule has 3 nitrogen and oxygen atoms in total. The monoisotopic (exact) mass is 340 g/mol. The Labute approximate surface area is 116 Å². The third-order valence-electron chi connectivity index (χ3n) is 2.12. The molecule has 0 spiro atoms. The van der Waals surface area contributed by atoms with E-state index in [0.717, 1.165) is 6.07 Å². The number of alkyl halides is 4. The Hall–Kier alpha value is -1.24. The van der Waals surface area contributed by atoms with Gasteiger partial charge in [-0.25, -0.2) is 0 Å². The zero-order valence-corrected chi connectivity index (χ0v) is 11.8. The average molecular weight is 341 g/mol. The Morgan fingerprint density at radius 1 is 1.37 bits per heavy atom. The van der Waals surface area contributed by atoms with Crippen LogP contribution in [0, 0.1) is 0 Å². The fourth-order valence-electron chi connectivity index (χ4n) is 1.44. The van der Waals surface area contributed by atoms with Crippen LogP contribution in [0.4, 0.5) is 13.2 Å². The fourth-order valence-corrected chi connectivity index (χ4v) is 1.67. The Morgan fingerprint density at radius 3 is 2.42 bits per heavy atom. The minimum Gasteiger partial charge on any atom is -0.493 e. The second kappa shape index (κ2) is 6.27. The summed E-state index contributed by atoms with van der Waals surface area (Å²) < 4.78 is 46.0. The number of Topliss-reactive ketones (excluding diaryl/α,β-unsaturated/α-hetero) is 1. The summed E-state index contributed by atoms with van der Waals surface area (Å²) in [6.07, 6.45) is -4.87. The van der Waals surface area contributed by atoms with Gasteiger partial charge >= 0.3 is 6.36 Å². The molecule has 106 valence electrons. The zero-order chi connectivity index (χ0) is 14.6. The highest BCUT2D eigenvalue weighted by Crippen LogP contribution is 2.34. The molecule has 0 heterocycles. The molecule has 0 saturated carbocycles. The van der Waals surface area contributed by atoms with E-state index in [1.54, 1.807) is 6.92 Å². The highest BCUT2D eigenvalue weighted by Gasteiger charge is 2.34. The molecule has 0 aliphatic heterocycles. The second-order valence-electron chi connectivity index (χ2n) is 3.59. The second-order valence-corrected chi connectivity index (χ2v) is 4.96. The lowest BCUT2D eigenvalue weighted by Crippen LogP contribution is -2.21. The van der Waals surface area contributed by atoms with Crippen LogP contribution in [-0.4, -0.2) is 23.6 Å². The van der Waals surface area contributed by atoms with Gasteiger partial charge in [-0.2, -0.15) is 0 Å². The van der Waals surface area contributed by atoms with Crippen LogP contribution in [0.1, 0.15) is 24.2 Å². The van der Waals surface area contributed by atoms with Crippen LogP contribution in [0.2, 0.25) is 0 Å². The van der Waals surface area contributed by atoms with Gasteiger partial charge in [0.1, 0.15) is 17.1 Å². The molecular formula is C12H12BrF3O3. The van der Waals surface area contributed by atoms with E-state index in [1.807, 2.05) is 0 Å². The Balaban J connectivity index is 3.29. The minimum atomic E-state index is -4.87. The van der Waals surface area contributed by atoms with Crippen molar-refractivity contribution >= 4 is 21.7 Å². The molecular weight excluding hydrogens is 329 g/mol. The Kier molecular flexibility index (Phi) is 5.22. The zero-order valence-electron chi connectivity index (χ0n) is 10.3. The van der Waals surface area contributed by atoms with Gasteiger partial charge in [-0.1, -0.05) is 22.0 Å². The summed E-state index contributed by atoms with van der Waals surface area (Å²) in [5.74, 6) is -1.03. The van der Waals surface area contributed by atoms with E-state index in [1.165, 1.54) is 19.1 Å². The smallest absolute Gasteiger partial charge is 0.493 e. The molecule has 1 rings (SSSR count). The highest BCUT2D eigenvalue weighted by atomic mass is 79.9. The predicted octanol–water partition coefficient (Wildman–Crippen LogP) is 3.95. The lowest BCUT2D eigenvalue weighted by atomic mass is 10.1. The maximum Gasteiger partial charge on any atom is 0.573 e. The molecule has 1 atom stereocenters. The molecule has 0 aromatic heterocycles. The SMILES string of the molecule is CCOc1cccc(OC(F)(F)F)c1C(=O)C(C)Br. The summed E-state index contributed by atoms with van der Waals surface area (Å²) in [5.41, 5.74) is -0.217. The molecule has 1 unspecified atom stereocenters. The van der Waals surface area contributed by atoms with Crippen LogP contribution in [0.5, 0.6) is 11.5 Å². The van der Waals surface area contributed by atoms with Gasteiger partial charge in [0.25, 0.3) is 0 Å². The van der Waals surface area contributed by atoms with Crippen molar-refractivity contribution in [2.45, 2.75) is 25.0 Å². The molecule has 0 N–H and O–H groups in total. The van der Waals surface area contributed by atoms with Crippen molar-refractivity contribution in [3.05, 3.63) is 23.8 Å². The molecule has 0 bridgehead atoms. The first kappa shape index (κ1) is 15.8. The molecule has 0 saturated heterocycles. The summed E-state index contributed by atoms with van der Waals surface area (Å²) in [7, 11) is 0. The highest BCUT2D eigenvalue weighted by molar-refractivity contribution is 9.10. The van der Waals surface area contributed by atoms with Crippen molar-refractivity contribution in [3.8, 4) is 11.5 Å². The molecule has 1 aromatic carbocycles. The van der Waals surface area contributed by atoms with Gasteiger partial charge in [0.05, 0.1) is 11.4 Å². The van der Waals surface area contributed by atoms with E-state index in [4.69, 9.17) is 4.74 Å². The van der Waals surface area contributed by atoms with Crippen molar-refractivity contribution in [2.24, 2.45) is 0 Å². The van der Waals surface area contributed by atoms with E-state index in [2.05, 4.69) is 20.7 Å². The summed E-state index contributed by atoms with van der Waals surface area (Å²) in [4.78, 5) is 11.3. The maximum atomic E-state index is 12.3. The predicted molar refractivity (Wildman–Crippen MR) is 67.0 cm³/mol. The van der Waals surface area contributed by atoms with Crippen molar-refractivity contribution in [1.29, 1.82) is 0 Å². The largest absolute Gasteiger partial charge is 0.573 e. The van der Waals surface area contributed by atoms with E-state index in [0.29, 0.717) is 0 Å². The molecule has 0 amide bonds. The number of ether oxygens (including phenoxy) is 2. The lowest BCUT2D eigenvalue weighted by molar-refractivity contribution is -0.274. The van der Waals surface area contributed by atoms with Crippen LogP contribution in [0.15, 0.2) is 18.2 Å². The van der Waals surface area contributed by atoms with E-state index in [-0.39, 0.29) is 17.9 Å². The number of ketones is 1. The number of rotatable bonds is 5. The topological polar surface area (TPSA) is 35.5 Å². The number of carbonyl (C=O) groups excluding carboxylic acids is 1. The molecule has 0 fully saturated rings. The third kappa shape index (κ3) is 4.41. The number of carbonyl (C=O) groups is 1. The van der Waals surface area contributed by atoms with E-state index < -0.39 is 22.7 Å². The molecule has 19 heavy (non-hydrogen) atoms. The first-order valence-electron chi connectivity index (χ1n) is 5.46. The van der Waals surface area contributed by atoms with Gasteiger partial charge in [-0.05, 0) is 26.0 Å². The number of halogens is 4. The van der Waals surface area contributed by atoms with E-state index in [9.17, 15) is 18.0 Å². The van der Waals surface area contributed by atoms with Crippen molar-refractivity contribution in [1.82, 2.24) is 0 Å². The maximum absolute atomic E-state index is 12.3. The fraction of sp³-hybridized carbons (Fsp3) is 0.417. The standard InChI is InChI=1S/C12H12BrF3O3/c1-3-18-8-5-4-6-9(19-12(14,15)16)10(8)11(17)7(2)13/h4-7H,3H2,1-2H3. The van der Waals surface area contributed by atoms with Crippen molar-refractivity contribution < 1.29 is 27.4 Å². The van der Waals surface area contributed by atoms with Crippen LogP contribution in [0.3, 0.4) is 0 Å². The van der Waals surface area contributed by atoms with Crippen LogP contribution >= 0.6 is 15.9 Å². The normalized spacial score (nSPS) is 12.9.